The Morgan fingerprint density at radius 3 is 2.95 bits per heavy atom. The molecule has 5 nitrogen and oxygen atoms in total. The lowest BCUT2D eigenvalue weighted by atomic mass is 9.98. The van der Waals surface area contributed by atoms with Crippen molar-refractivity contribution >= 4 is 16.8 Å². The molecule has 0 N–H and O–H groups in total. The normalized spacial score (nSPS) is 16.1. The number of carbonyl (C=O) groups excluding carboxylic acids is 1. The Morgan fingerprint density at radius 2 is 2.19 bits per heavy atom. The second-order valence-corrected chi connectivity index (χ2v) is 5.50. The number of fused-ring (bicyclic) bond motifs is 1. The van der Waals surface area contributed by atoms with Crippen LogP contribution in [0.3, 0.4) is 0 Å². The van der Waals surface area contributed by atoms with E-state index >= 15 is 0 Å². The maximum Gasteiger partial charge on any atom is 0.219 e. The second-order valence-electron chi connectivity index (χ2n) is 5.50. The van der Waals surface area contributed by atoms with Gasteiger partial charge in [-0.2, -0.15) is 0 Å². The van der Waals surface area contributed by atoms with Gasteiger partial charge in [0.15, 0.2) is 0 Å². The molecule has 2 aromatic rings. The summed E-state index contributed by atoms with van der Waals surface area (Å²) in [6.45, 7) is 4.01. The van der Waals surface area contributed by atoms with E-state index in [1.165, 1.54) is 0 Å². The van der Waals surface area contributed by atoms with Crippen LogP contribution in [-0.2, 0) is 4.79 Å². The van der Waals surface area contributed by atoms with Crippen LogP contribution in [0, 0.1) is 5.92 Å². The van der Waals surface area contributed by atoms with Crippen molar-refractivity contribution in [2.24, 2.45) is 5.92 Å². The molecule has 1 aromatic carbocycles. The van der Waals surface area contributed by atoms with Gasteiger partial charge in [0, 0.05) is 37.7 Å². The zero-order valence-corrected chi connectivity index (χ0v) is 12.2. The van der Waals surface area contributed by atoms with Gasteiger partial charge in [-0.3, -0.25) is 4.79 Å². The van der Waals surface area contributed by atoms with Gasteiger partial charge >= 0.3 is 0 Å². The van der Waals surface area contributed by atoms with Crippen LogP contribution >= 0.6 is 0 Å². The molecule has 1 aromatic heterocycles. The highest BCUT2D eigenvalue weighted by Crippen LogP contribution is 2.22. The SMILES string of the molecule is CC(=O)N1CCC(COc2ccc3cncnc3c2)CC1. The summed E-state index contributed by atoms with van der Waals surface area (Å²) < 4.78 is 5.89. The van der Waals surface area contributed by atoms with Crippen LogP contribution in [0.15, 0.2) is 30.7 Å². The molecule has 21 heavy (non-hydrogen) atoms. The minimum absolute atomic E-state index is 0.170. The number of nitrogens with zero attached hydrogens (tertiary/aromatic N) is 3. The summed E-state index contributed by atoms with van der Waals surface area (Å²) in [5.74, 6) is 1.53. The summed E-state index contributed by atoms with van der Waals surface area (Å²) in [5, 5.41) is 1.01. The quantitative estimate of drug-likeness (QED) is 0.868. The van der Waals surface area contributed by atoms with E-state index in [9.17, 15) is 4.79 Å². The zero-order chi connectivity index (χ0) is 14.7. The number of carbonyl (C=O) groups is 1. The van der Waals surface area contributed by atoms with Gasteiger partial charge < -0.3 is 9.64 Å². The minimum atomic E-state index is 0.170. The third-order valence-electron chi connectivity index (χ3n) is 4.02. The van der Waals surface area contributed by atoms with E-state index in [4.69, 9.17) is 4.74 Å². The van der Waals surface area contributed by atoms with Gasteiger partial charge in [0.05, 0.1) is 12.1 Å². The van der Waals surface area contributed by atoms with Gasteiger partial charge in [-0.05, 0) is 30.9 Å². The number of amides is 1. The van der Waals surface area contributed by atoms with Crippen LogP contribution in [-0.4, -0.2) is 40.5 Å². The number of aromatic nitrogens is 2. The lowest BCUT2D eigenvalue weighted by Crippen LogP contribution is -2.38. The summed E-state index contributed by atoms with van der Waals surface area (Å²) in [4.78, 5) is 21.4. The third-order valence-corrected chi connectivity index (χ3v) is 4.02. The van der Waals surface area contributed by atoms with Crippen molar-refractivity contribution in [1.82, 2.24) is 14.9 Å². The van der Waals surface area contributed by atoms with Gasteiger partial charge in [-0.25, -0.2) is 9.97 Å². The molecule has 2 heterocycles. The fourth-order valence-corrected chi connectivity index (χ4v) is 2.67. The molecule has 0 bridgehead atoms. The number of piperidine rings is 1. The molecule has 1 aliphatic rings. The van der Waals surface area contributed by atoms with Crippen molar-refractivity contribution in [2.45, 2.75) is 19.8 Å². The van der Waals surface area contributed by atoms with E-state index in [0.717, 1.165) is 42.6 Å². The average Bonchev–Trinajstić information content (AvgIpc) is 2.53. The summed E-state index contributed by atoms with van der Waals surface area (Å²) in [6.07, 6.45) is 5.36. The molecule has 0 atom stereocenters. The lowest BCUT2D eigenvalue weighted by molar-refractivity contribution is -0.130. The van der Waals surface area contributed by atoms with Crippen LogP contribution in [0.25, 0.3) is 10.9 Å². The monoisotopic (exact) mass is 285 g/mol. The average molecular weight is 285 g/mol. The molecule has 1 saturated heterocycles. The Kier molecular flexibility index (Phi) is 3.99. The molecule has 0 unspecified atom stereocenters. The number of ether oxygens (including phenoxy) is 1. The first kappa shape index (κ1) is 13.8. The molecule has 0 spiro atoms. The van der Waals surface area contributed by atoms with E-state index in [1.54, 1.807) is 19.4 Å². The van der Waals surface area contributed by atoms with Crippen LogP contribution in [0.1, 0.15) is 19.8 Å². The maximum absolute atomic E-state index is 11.3. The molecular weight excluding hydrogens is 266 g/mol. The van der Waals surface area contributed by atoms with Crippen LogP contribution in [0.2, 0.25) is 0 Å². The third kappa shape index (κ3) is 3.29. The topological polar surface area (TPSA) is 55.3 Å². The Balaban J connectivity index is 1.56. The lowest BCUT2D eigenvalue weighted by Gasteiger charge is -2.31. The fraction of sp³-hybridized carbons (Fsp3) is 0.438. The molecule has 110 valence electrons. The highest BCUT2D eigenvalue weighted by Gasteiger charge is 2.21. The number of hydrogen-bond donors (Lipinski definition) is 0. The smallest absolute Gasteiger partial charge is 0.219 e. The van der Waals surface area contributed by atoms with E-state index in [2.05, 4.69) is 9.97 Å². The second kappa shape index (κ2) is 6.08. The molecule has 3 rings (SSSR count). The van der Waals surface area contributed by atoms with Gasteiger partial charge in [0.25, 0.3) is 0 Å². The van der Waals surface area contributed by atoms with Gasteiger partial charge in [0.1, 0.15) is 12.1 Å². The molecule has 1 amide bonds. The van der Waals surface area contributed by atoms with Crippen molar-refractivity contribution in [3.05, 3.63) is 30.7 Å². The molecule has 5 heteroatoms. The van der Waals surface area contributed by atoms with Crippen molar-refractivity contribution in [3.8, 4) is 5.75 Å². The standard InChI is InChI=1S/C16H19N3O2/c1-12(20)19-6-4-13(5-7-19)10-21-15-3-2-14-9-17-11-18-16(14)8-15/h2-3,8-9,11,13H,4-7,10H2,1H3. The summed E-state index contributed by atoms with van der Waals surface area (Å²) in [5.41, 5.74) is 0.897. The predicted octanol–water partition coefficient (Wildman–Crippen LogP) is 2.27. The van der Waals surface area contributed by atoms with E-state index in [0.29, 0.717) is 12.5 Å². The van der Waals surface area contributed by atoms with E-state index in [-0.39, 0.29) is 5.91 Å². The van der Waals surface area contributed by atoms with Crippen LogP contribution < -0.4 is 4.74 Å². The number of hydrogen-bond acceptors (Lipinski definition) is 4. The molecule has 0 radical (unpaired) electrons. The Labute approximate surface area is 124 Å². The molecule has 1 fully saturated rings. The molecule has 0 aliphatic carbocycles. The number of rotatable bonds is 3. The predicted molar refractivity (Wildman–Crippen MR) is 80.0 cm³/mol. The van der Waals surface area contributed by atoms with Crippen molar-refractivity contribution in [3.63, 3.8) is 0 Å². The zero-order valence-electron chi connectivity index (χ0n) is 12.2. The maximum atomic E-state index is 11.3. The molecular formula is C16H19N3O2. The molecule has 1 aliphatic heterocycles. The van der Waals surface area contributed by atoms with Crippen molar-refractivity contribution < 1.29 is 9.53 Å². The first-order valence-corrected chi connectivity index (χ1v) is 7.30. The minimum Gasteiger partial charge on any atom is -0.493 e. The van der Waals surface area contributed by atoms with Gasteiger partial charge in [-0.15, -0.1) is 0 Å². The largest absolute Gasteiger partial charge is 0.493 e. The Hall–Kier alpha value is -2.17. The molecule has 0 saturated carbocycles. The summed E-state index contributed by atoms with van der Waals surface area (Å²) in [7, 11) is 0. The van der Waals surface area contributed by atoms with Gasteiger partial charge in [0.2, 0.25) is 5.91 Å². The van der Waals surface area contributed by atoms with Gasteiger partial charge in [-0.1, -0.05) is 0 Å². The van der Waals surface area contributed by atoms with E-state index < -0.39 is 0 Å². The summed E-state index contributed by atoms with van der Waals surface area (Å²) >= 11 is 0. The highest BCUT2D eigenvalue weighted by atomic mass is 16.5. The Bertz CT molecular complexity index is 636. The van der Waals surface area contributed by atoms with Crippen LogP contribution in [0.5, 0.6) is 5.75 Å². The van der Waals surface area contributed by atoms with Crippen LogP contribution in [0.4, 0.5) is 0 Å². The summed E-state index contributed by atoms with van der Waals surface area (Å²) in [6, 6.07) is 5.88. The number of likely N-dealkylation sites (tertiary alicyclic amines) is 1. The Morgan fingerprint density at radius 1 is 1.38 bits per heavy atom. The van der Waals surface area contributed by atoms with Crippen molar-refractivity contribution in [2.75, 3.05) is 19.7 Å². The number of benzene rings is 1. The van der Waals surface area contributed by atoms with E-state index in [1.807, 2.05) is 23.1 Å². The highest BCUT2D eigenvalue weighted by molar-refractivity contribution is 5.78. The first-order valence-electron chi connectivity index (χ1n) is 7.30. The fourth-order valence-electron chi connectivity index (χ4n) is 2.67. The van der Waals surface area contributed by atoms with Crippen molar-refractivity contribution in [1.29, 1.82) is 0 Å². The first-order chi connectivity index (χ1) is 10.2.